The Morgan fingerprint density at radius 1 is 1.58 bits per heavy atom. The zero-order valence-corrected chi connectivity index (χ0v) is 10.8. The number of aromatic nitrogens is 1. The van der Waals surface area contributed by atoms with Gasteiger partial charge >= 0.3 is 0 Å². The van der Waals surface area contributed by atoms with Crippen molar-refractivity contribution in [3.8, 4) is 6.07 Å². The molecule has 1 aromatic heterocycles. The van der Waals surface area contributed by atoms with Crippen molar-refractivity contribution in [1.82, 2.24) is 10.4 Å². The molecule has 0 spiro atoms. The number of nitrogens with zero attached hydrogens (tertiary/aromatic N) is 4. The number of ether oxygens (including phenoxy) is 1. The molecule has 0 atom stereocenters. The summed E-state index contributed by atoms with van der Waals surface area (Å²) in [5, 5.41) is 12.8. The van der Waals surface area contributed by atoms with E-state index in [0.29, 0.717) is 32.2 Å². The Morgan fingerprint density at radius 3 is 2.95 bits per heavy atom. The van der Waals surface area contributed by atoms with Crippen molar-refractivity contribution in [3.63, 3.8) is 0 Å². The SMILES string of the molecule is N#Cc1nc(/C=N\NC(N)=S)oc1N1CCOCC1. The minimum atomic E-state index is 0.0386. The fourth-order valence-electron chi connectivity index (χ4n) is 1.59. The van der Waals surface area contributed by atoms with Crippen LogP contribution in [0.2, 0.25) is 0 Å². The largest absolute Gasteiger partial charge is 0.418 e. The number of thiocarbonyl (C=S) groups is 1. The van der Waals surface area contributed by atoms with Gasteiger partial charge in [-0.05, 0) is 12.2 Å². The molecule has 19 heavy (non-hydrogen) atoms. The second kappa shape index (κ2) is 6.12. The monoisotopic (exact) mass is 280 g/mol. The molecular weight excluding hydrogens is 268 g/mol. The molecular formula is C10H12N6O2S. The quantitative estimate of drug-likeness (QED) is 0.435. The predicted molar refractivity (Wildman–Crippen MR) is 71.8 cm³/mol. The molecule has 1 saturated heterocycles. The van der Waals surface area contributed by atoms with Gasteiger partial charge < -0.3 is 19.8 Å². The van der Waals surface area contributed by atoms with E-state index in [4.69, 9.17) is 20.1 Å². The zero-order valence-electron chi connectivity index (χ0n) is 10.00. The third-order valence-electron chi connectivity index (χ3n) is 2.38. The van der Waals surface area contributed by atoms with Gasteiger partial charge in [-0.15, -0.1) is 0 Å². The Morgan fingerprint density at radius 2 is 2.32 bits per heavy atom. The summed E-state index contributed by atoms with van der Waals surface area (Å²) in [5.41, 5.74) is 7.82. The van der Waals surface area contributed by atoms with Gasteiger partial charge in [0.1, 0.15) is 12.3 Å². The van der Waals surface area contributed by atoms with E-state index in [1.807, 2.05) is 11.0 Å². The van der Waals surface area contributed by atoms with Crippen molar-refractivity contribution in [3.05, 3.63) is 11.6 Å². The Labute approximate surface area is 114 Å². The zero-order chi connectivity index (χ0) is 13.7. The lowest BCUT2D eigenvalue weighted by Gasteiger charge is -2.25. The van der Waals surface area contributed by atoms with Crippen LogP contribution >= 0.6 is 12.2 Å². The molecule has 0 radical (unpaired) electrons. The van der Waals surface area contributed by atoms with Crippen LogP contribution in [-0.4, -0.2) is 42.6 Å². The van der Waals surface area contributed by atoms with E-state index in [-0.39, 0.29) is 16.7 Å². The van der Waals surface area contributed by atoms with E-state index >= 15 is 0 Å². The molecule has 0 aliphatic carbocycles. The first-order chi connectivity index (χ1) is 9.20. The van der Waals surface area contributed by atoms with E-state index in [2.05, 4.69) is 27.7 Å². The molecule has 1 aliphatic heterocycles. The highest BCUT2D eigenvalue weighted by atomic mass is 32.1. The van der Waals surface area contributed by atoms with Crippen LogP contribution in [0.25, 0.3) is 0 Å². The summed E-state index contributed by atoms with van der Waals surface area (Å²) in [6, 6.07) is 1.99. The van der Waals surface area contributed by atoms with Crippen LogP contribution in [0.3, 0.4) is 0 Å². The van der Waals surface area contributed by atoms with E-state index in [0.717, 1.165) is 0 Å². The molecule has 0 saturated carbocycles. The number of hydrazone groups is 1. The maximum Gasteiger partial charge on any atom is 0.243 e. The van der Waals surface area contributed by atoms with Gasteiger partial charge in [-0.25, -0.2) is 0 Å². The molecule has 2 rings (SSSR count). The van der Waals surface area contributed by atoms with Gasteiger partial charge in [0.25, 0.3) is 0 Å². The average Bonchev–Trinajstić information content (AvgIpc) is 2.82. The van der Waals surface area contributed by atoms with E-state index in [1.54, 1.807) is 0 Å². The Hall–Kier alpha value is -2.18. The van der Waals surface area contributed by atoms with Gasteiger partial charge in [0.2, 0.25) is 17.5 Å². The maximum absolute atomic E-state index is 9.04. The van der Waals surface area contributed by atoms with Gasteiger partial charge in [-0.1, -0.05) is 0 Å². The first-order valence-corrected chi connectivity index (χ1v) is 5.93. The molecule has 1 aliphatic rings. The Kier molecular flexibility index (Phi) is 4.27. The van der Waals surface area contributed by atoms with Crippen molar-refractivity contribution in [2.75, 3.05) is 31.2 Å². The number of rotatable bonds is 3. The highest BCUT2D eigenvalue weighted by Gasteiger charge is 2.20. The molecule has 3 N–H and O–H groups in total. The number of anilines is 1. The van der Waals surface area contributed by atoms with Crippen LogP contribution in [0.15, 0.2) is 9.52 Å². The number of oxazole rings is 1. The molecule has 0 amide bonds. The second-order valence-corrected chi connectivity index (χ2v) is 4.09. The highest BCUT2D eigenvalue weighted by molar-refractivity contribution is 7.80. The molecule has 0 bridgehead atoms. The van der Waals surface area contributed by atoms with Crippen LogP contribution in [-0.2, 0) is 4.74 Å². The second-order valence-electron chi connectivity index (χ2n) is 3.65. The Balaban J connectivity index is 2.15. The molecule has 0 aromatic carbocycles. The standard InChI is InChI=1S/C10H12N6O2S/c11-5-7-9(16-1-3-17-4-2-16)18-8(14-7)6-13-15-10(12)19/h6H,1-4H2,(H3,12,15,19)/b13-6-. The van der Waals surface area contributed by atoms with Gasteiger partial charge in [0, 0.05) is 13.1 Å². The number of morpholine rings is 1. The van der Waals surface area contributed by atoms with Gasteiger partial charge in [0.05, 0.1) is 13.2 Å². The molecule has 1 fully saturated rings. The first-order valence-electron chi connectivity index (χ1n) is 5.53. The smallest absolute Gasteiger partial charge is 0.243 e. The number of nitriles is 1. The third kappa shape index (κ3) is 3.40. The molecule has 1 aromatic rings. The van der Waals surface area contributed by atoms with Crippen LogP contribution in [0, 0.1) is 11.3 Å². The van der Waals surface area contributed by atoms with Crippen molar-refractivity contribution < 1.29 is 9.15 Å². The third-order valence-corrected chi connectivity index (χ3v) is 2.47. The minimum absolute atomic E-state index is 0.0386. The number of hydrogen-bond donors (Lipinski definition) is 2. The Bertz CT molecular complexity index is 529. The van der Waals surface area contributed by atoms with E-state index in [9.17, 15) is 0 Å². The van der Waals surface area contributed by atoms with Gasteiger partial charge in [-0.3, -0.25) is 5.43 Å². The van der Waals surface area contributed by atoms with Crippen LogP contribution in [0.1, 0.15) is 11.6 Å². The molecule has 0 unspecified atom stereocenters. The summed E-state index contributed by atoms with van der Waals surface area (Å²) >= 11 is 4.59. The maximum atomic E-state index is 9.04. The minimum Gasteiger partial charge on any atom is -0.418 e. The van der Waals surface area contributed by atoms with E-state index < -0.39 is 0 Å². The summed E-state index contributed by atoms with van der Waals surface area (Å²) in [5.74, 6) is 0.643. The van der Waals surface area contributed by atoms with Crippen molar-refractivity contribution >= 4 is 29.4 Å². The van der Waals surface area contributed by atoms with Crippen molar-refractivity contribution in [1.29, 1.82) is 5.26 Å². The predicted octanol–water partition coefficient (Wildman–Crippen LogP) is -0.450. The van der Waals surface area contributed by atoms with Gasteiger partial charge in [-0.2, -0.15) is 15.3 Å². The number of nitrogens with one attached hydrogen (secondary N) is 1. The summed E-state index contributed by atoms with van der Waals surface area (Å²) in [4.78, 5) is 5.93. The fourth-order valence-corrected chi connectivity index (χ4v) is 1.64. The van der Waals surface area contributed by atoms with Crippen LogP contribution in [0.4, 0.5) is 5.88 Å². The molecule has 8 nitrogen and oxygen atoms in total. The molecule has 100 valence electrons. The summed E-state index contributed by atoms with van der Waals surface area (Å²) in [6.45, 7) is 2.51. The fraction of sp³-hybridized carbons (Fsp3) is 0.400. The van der Waals surface area contributed by atoms with Crippen LogP contribution in [0.5, 0.6) is 0 Å². The van der Waals surface area contributed by atoms with Crippen LogP contribution < -0.4 is 16.1 Å². The van der Waals surface area contributed by atoms with Crippen molar-refractivity contribution in [2.24, 2.45) is 10.8 Å². The van der Waals surface area contributed by atoms with Gasteiger partial charge in [0.15, 0.2) is 5.11 Å². The lowest BCUT2D eigenvalue weighted by atomic mass is 10.4. The highest BCUT2D eigenvalue weighted by Crippen LogP contribution is 2.21. The lowest BCUT2D eigenvalue weighted by Crippen LogP contribution is -2.36. The molecule has 9 heteroatoms. The summed E-state index contributed by atoms with van der Waals surface area (Å²) < 4.78 is 10.7. The number of hydrogen-bond acceptors (Lipinski definition) is 7. The first kappa shape index (κ1) is 13.3. The molecule has 2 heterocycles. The summed E-state index contributed by atoms with van der Waals surface area (Å²) in [6.07, 6.45) is 1.31. The van der Waals surface area contributed by atoms with Crippen molar-refractivity contribution in [2.45, 2.75) is 0 Å². The number of nitrogens with two attached hydrogens (primary N) is 1. The summed E-state index contributed by atoms with van der Waals surface area (Å²) in [7, 11) is 0. The van der Waals surface area contributed by atoms with E-state index in [1.165, 1.54) is 6.21 Å². The normalized spacial score (nSPS) is 15.4. The lowest BCUT2D eigenvalue weighted by molar-refractivity contribution is 0.120. The topological polar surface area (TPSA) is 113 Å². The average molecular weight is 280 g/mol.